The summed E-state index contributed by atoms with van der Waals surface area (Å²) >= 11 is 0. The first-order chi connectivity index (χ1) is 11.2. The molecule has 1 fully saturated rings. The molecule has 8 heteroatoms. The molecule has 5 nitrogen and oxygen atoms in total. The highest BCUT2D eigenvalue weighted by atomic mass is 19.4. The second kappa shape index (κ2) is 7.50. The number of benzene rings is 1. The third-order valence-corrected chi connectivity index (χ3v) is 4.11. The zero-order valence-electron chi connectivity index (χ0n) is 13.0. The zero-order chi connectivity index (χ0) is 17.8. The number of nitrogens with zero attached hydrogens (tertiary/aromatic N) is 1. The quantitative estimate of drug-likeness (QED) is 0.850. The molecule has 1 amide bonds. The lowest BCUT2D eigenvalue weighted by Crippen LogP contribution is -2.49. The first kappa shape index (κ1) is 18.7. The molecule has 1 aliphatic rings. The van der Waals surface area contributed by atoms with Crippen LogP contribution in [0.15, 0.2) is 30.3 Å². The summed E-state index contributed by atoms with van der Waals surface area (Å²) in [5.41, 5.74) is -1.29. The Balaban J connectivity index is 1.94. The maximum atomic E-state index is 13.1. The summed E-state index contributed by atoms with van der Waals surface area (Å²) in [7, 11) is 0. The molecule has 2 N–H and O–H groups in total. The summed E-state index contributed by atoms with van der Waals surface area (Å²) in [5.74, 6) is -0.569. The van der Waals surface area contributed by atoms with E-state index in [1.165, 1.54) is 29.2 Å². The smallest absolute Gasteiger partial charge is 0.393 e. The first-order valence-corrected chi connectivity index (χ1v) is 7.59. The molecule has 0 spiro atoms. The molecule has 2 rings (SSSR count). The van der Waals surface area contributed by atoms with Crippen molar-refractivity contribution in [3.8, 4) is 0 Å². The number of halogens is 3. The number of carbonyl (C=O) groups excluding carboxylic acids is 1. The SMILES string of the molecule is O=C(COC(c1ccccc1)C(F)(F)F)N1CCC(O)(CO)CC1. The van der Waals surface area contributed by atoms with Gasteiger partial charge in [0.05, 0.1) is 12.2 Å². The molecule has 1 aromatic carbocycles. The van der Waals surface area contributed by atoms with E-state index in [4.69, 9.17) is 9.84 Å². The van der Waals surface area contributed by atoms with Gasteiger partial charge in [0.2, 0.25) is 5.91 Å². The molecule has 1 atom stereocenters. The Hall–Kier alpha value is -1.64. The molecule has 1 aromatic rings. The Kier molecular flexibility index (Phi) is 5.84. The fourth-order valence-electron chi connectivity index (χ4n) is 2.58. The van der Waals surface area contributed by atoms with Crippen molar-refractivity contribution in [2.75, 3.05) is 26.3 Å². The van der Waals surface area contributed by atoms with Crippen LogP contribution in [-0.2, 0) is 9.53 Å². The molecule has 0 aliphatic carbocycles. The van der Waals surface area contributed by atoms with Gasteiger partial charge in [-0.25, -0.2) is 0 Å². The van der Waals surface area contributed by atoms with Gasteiger partial charge in [-0.1, -0.05) is 30.3 Å². The Morgan fingerprint density at radius 3 is 2.33 bits per heavy atom. The van der Waals surface area contributed by atoms with E-state index in [1.807, 2.05) is 0 Å². The minimum atomic E-state index is -4.62. The van der Waals surface area contributed by atoms with Crippen molar-refractivity contribution in [3.05, 3.63) is 35.9 Å². The second-order valence-electron chi connectivity index (χ2n) is 5.91. The lowest BCUT2D eigenvalue weighted by Gasteiger charge is -2.37. The predicted octanol–water partition coefficient (Wildman–Crippen LogP) is 1.65. The number of aliphatic hydroxyl groups excluding tert-OH is 1. The van der Waals surface area contributed by atoms with Crippen LogP contribution in [0.5, 0.6) is 0 Å². The summed E-state index contributed by atoms with van der Waals surface area (Å²) in [6.07, 6.45) is -6.43. The van der Waals surface area contributed by atoms with E-state index >= 15 is 0 Å². The number of hydrogen-bond donors (Lipinski definition) is 2. The monoisotopic (exact) mass is 347 g/mol. The molecule has 1 saturated heterocycles. The van der Waals surface area contributed by atoms with E-state index in [1.54, 1.807) is 6.07 Å². The average Bonchev–Trinajstić information content (AvgIpc) is 2.55. The number of ether oxygens (including phenoxy) is 1. The minimum Gasteiger partial charge on any atom is -0.393 e. The van der Waals surface area contributed by atoms with E-state index in [9.17, 15) is 23.1 Å². The lowest BCUT2D eigenvalue weighted by atomic mass is 9.92. The van der Waals surface area contributed by atoms with Gasteiger partial charge in [-0.15, -0.1) is 0 Å². The van der Waals surface area contributed by atoms with Crippen LogP contribution in [0.3, 0.4) is 0 Å². The number of likely N-dealkylation sites (tertiary alicyclic amines) is 1. The normalized spacial score (nSPS) is 19.1. The molecule has 0 aromatic heterocycles. The summed E-state index contributed by atoms with van der Waals surface area (Å²) in [5, 5.41) is 18.9. The van der Waals surface area contributed by atoms with Crippen LogP contribution in [0.1, 0.15) is 24.5 Å². The number of carbonyl (C=O) groups is 1. The van der Waals surface area contributed by atoms with Gasteiger partial charge < -0.3 is 19.8 Å². The lowest BCUT2D eigenvalue weighted by molar-refractivity contribution is -0.224. The van der Waals surface area contributed by atoms with Gasteiger partial charge in [-0.3, -0.25) is 4.79 Å². The van der Waals surface area contributed by atoms with Crippen LogP contribution >= 0.6 is 0 Å². The number of aliphatic hydroxyl groups is 2. The summed E-state index contributed by atoms with van der Waals surface area (Å²) < 4.78 is 44.3. The summed E-state index contributed by atoms with van der Waals surface area (Å²) in [4.78, 5) is 13.4. The van der Waals surface area contributed by atoms with Crippen LogP contribution in [-0.4, -0.2) is 59.1 Å². The van der Waals surface area contributed by atoms with Crippen molar-refractivity contribution < 1.29 is 32.9 Å². The number of hydrogen-bond acceptors (Lipinski definition) is 4. The Morgan fingerprint density at radius 1 is 1.25 bits per heavy atom. The van der Waals surface area contributed by atoms with Crippen LogP contribution in [0, 0.1) is 0 Å². The predicted molar refractivity (Wildman–Crippen MR) is 79.0 cm³/mol. The van der Waals surface area contributed by atoms with Crippen molar-refractivity contribution in [3.63, 3.8) is 0 Å². The van der Waals surface area contributed by atoms with E-state index in [0.29, 0.717) is 0 Å². The minimum absolute atomic E-state index is 0.0638. The third kappa shape index (κ3) is 4.68. The van der Waals surface area contributed by atoms with E-state index in [0.717, 1.165) is 0 Å². The topological polar surface area (TPSA) is 70.0 Å². The molecular formula is C16H20F3NO4. The van der Waals surface area contributed by atoms with E-state index < -0.39 is 37.0 Å². The second-order valence-corrected chi connectivity index (χ2v) is 5.91. The van der Waals surface area contributed by atoms with Crippen molar-refractivity contribution >= 4 is 5.91 Å². The molecule has 1 unspecified atom stereocenters. The summed E-state index contributed by atoms with van der Waals surface area (Å²) in [6, 6.07) is 7.13. The standard InChI is InChI=1S/C16H20F3NO4/c17-16(18,19)14(12-4-2-1-3-5-12)24-10-13(22)20-8-6-15(23,11-21)7-9-20/h1-5,14,21,23H,6-11H2. The number of rotatable bonds is 5. The Morgan fingerprint density at radius 2 is 1.83 bits per heavy atom. The van der Waals surface area contributed by atoms with Crippen LogP contribution in [0.4, 0.5) is 13.2 Å². The van der Waals surface area contributed by atoms with Gasteiger partial charge in [-0.2, -0.15) is 13.2 Å². The number of piperidine rings is 1. The fraction of sp³-hybridized carbons (Fsp3) is 0.562. The third-order valence-electron chi connectivity index (χ3n) is 4.11. The van der Waals surface area contributed by atoms with E-state index in [2.05, 4.69) is 0 Å². The first-order valence-electron chi connectivity index (χ1n) is 7.59. The van der Waals surface area contributed by atoms with Crippen molar-refractivity contribution in [1.29, 1.82) is 0 Å². The molecule has 134 valence electrons. The molecule has 0 saturated carbocycles. The molecule has 0 bridgehead atoms. The van der Waals surface area contributed by atoms with Crippen LogP contribution in [0.2, 0.25) is 0 Å². The number of alkyl halides is 3. The van der Waals surface area contributed by atoms with Crippen molar-refractivity contribution in [2.24, 2.45) is 0 Å². The van der Waals surface area contributed by atoms with Gasteiger partial charge >= 0.3 is 6.18 Å². The molecular weight excluding hydrogens is 327 g/mol. The highest BCUT2D eigenvalue weighted by molar-refractivity contribution is 5.77. The van der Waals surface area contributed by atoms with Crippen LogP contribution in [0.25, 0.3) is 0 Å². The maximum Gasteiger partial charge on any atom is 0.418 e. The van der Waals surface area contributed by atoms with Gasteiger partial charge in [0.25, 0.3) is 0 Å². The molecule has 1 aliphatic heterocycles. The van der Waals surface area contributed by atoms with Crippen molar-refractivity contribution in [1.82, 2.24) is 4.90 Å². The molecule has 0 radical (unpaired) electrons. The van der Waals surface area contributed by atoms with E-state index in [-0.39, 0.29) is 31.5 Å². The van der Waals surface area contributed by atoms with Gasteiger partial charge in [-0.05, 0) is 18.4 Å². The van der Waals surface area contributed by atoms with Crippen LogP contribution < -0.4 is 0 Å². The molecule has 24 heavy (non-hydrogen) atoms. The highest BCUT2D eigenvalue weighted by Crippen LogP contribution is 2.35. The largest absolute Gasteiger partial charge is 0.418 e. The summed E-state index contributed by atoms with van der Waals surface area (Å²) in [6.45, 7) is -0.769. The van der Waals surface area contributed by atoms with Gasteiger partial charge in [0, 0.05) is 13.1 Å². The maximum absolute atomic E-state index is 13.1. The zero-order valence-corrected chi connectivity index (χ0v) is 13.0. The highest BCUT2D eigenvalue weighted by Gasteiger charge is 2.42. The fourth-order valence-corrected chi connectivity index (χ4v) is 2.58. The van der Waals surface area contributed by atoms with Gasteiger partial charge in [0.15, 0.2) is 6.10 Å². The Labute approximate surface area is 137 Å². The number of amides is 1. The molecule has 1 heterocycles. The van der Waals surface area contributed by atoms with Gasteiger partial charge in [0.1, 0.15) is 6.61 Å². The Bertz CT molecular complexity index is 542. The van der Waals surface area contributed by atoms with Crippen molar-refractivity contribution in [2.45, 2.75) is 30.7 Å². The average molecular weight is 347 g/mol.